The SMILES string of the molecule is CCOC(=O)c1c(NC(=O)C(=O)NN=Cc2cc(Br)ccc2OC(=O)c2cccc(C)c2)sc2c1CCC(C)C2. The van der Waals surface area contributed by atoms with Gasteiger partial charge in [0.25, 0.3) is 0 Å². The number of benzene rings is 2. The summed E-state index contributed by atoms with van der Waals surface area (Å²) in [6, 6.07) is 11.9. The van der Waals surface area contributed by atoms with E-state index >= 15 is 0 Å². The highest BCUT2D eigenvalue weighted by atomic mass is 79.9. The topological polar surface area (TPSA) is 123 Å². The Balaban J connectivity index is 1.45. The second-order valence-corrected chi connectivity index (χ2v) is 11.4. The largest absolute Gasteiger partial charge is 0.462 e. The van der Waals surface area contributed by atoms with Crippen LogP contribution in [-0.2, 0) is 27.2 Å². The summed E-state index contributed by atoms with van der Waals surface area (Å²) < 4.78 is 11.4. The molecular formula is C29H28BrN3O6S. The molecule has 0 fully saturated rings. The van der Waals surface area contributed by atoms with Crippen molar-refractivity contribution in [3.8, 4) is 5.75 Å². The maximum Gasteiger partial charge on any atom is 0.343 e. The number of nitrogens with one attached hydrogen (secondary N) is 2. The fraction of sp³-hybridized carbons (Fsp3) is 0.276. The quantitative estimate of drug-likeness (QED) is 0.119. The lowest BCUT2D eigenvalue weighted by Gasteiger charge is -2.18. The van der Waals surface area contributed by atoms with Crippen molar-refractivity contribution in [2.24, 2.45) is 11.0 Å². The minimum Gasteiger partial charge on any atom is -0.462 e. The molecule has 1 heterocycles. The van der Waals surface area contributed by atoms with Crippen molar-refractivity contribution in [1.82, 2.24) is 5.43 Å². The zero-order valence-electron chi connectivity index (χ0n) is 22.2. The maximum absolute atomic E-state index is 12.7. The summed E-state index contributed by atoms with van der Waals surface area (Å²) in [6.45, 7) is 5.91. The van der Waals surface area contributed by atoms with Crippen molar-refractivity contribution in [3.63, 3.8) is 0 Å². The van der Waals surface area contributed by atoms with Crippen molar-refractivity contribution in [3.05, 3.63) is 79.6 Å². The minimum absolute atomic E-state index is 0.195. The Morgan fingerprint density at radius 2 is 1.93 bits per heavy atom. The van der Waals surface area contributed by atoms with E-state index in [-0.39, 0.29) is 12.4 Å². The standard InChI is InChI=1S/C29H28BrN3O6S/c1-4-38-29(37)24-21-10-8-17(3)13-23(21)40-27(24)32-25(34)26(35)33-31-15-19-14-20(30)9-11-22(19)39-28(36)18-7-5-6-16(2)12-18/h5-7,9,11-12,14-15,17H,4,8,10,13H2,1-3H3,(H,32,34)(H,33,35). The summed E-state index contributed by atoms with van der Waals surface area (Å²) in [5.74, 6) is -2.40. The molecule has 1 atom stereocenters. The maximum atomic E-state index is 12.7. The molecule has 3 aromatic rings. The summed E-state index contributed by atoms with van der Waals surface area (Å²) in [6.07, 6.45) is 3.69. The fourth-order valence-corrected chi connectivity index (χ4v) is 6.05. The molecule has 2 amide bonds. The second-order valence-electron chi connectivity index (χ2n) is 9.37. The van der Waals surface area contributed by atoms with E-state index in [0.29, 0.717) is 38.5 Å². The van der Waals surface area contributed by atoms with Gasteiger partial charge >= 0.3 is 23.8 Å². The van der Waals surface area contributed by atoms with Gasteiger partial charge in [0.1, 0.15) is 10.8 Å². The van der Waals surface area contributed by atoms with Crippen LogP contribution in [0.2, 0.25) is 0 Å². The number of ether oxygens (including phenoxy) is 2. The van der Waals surface area contributed by atoms with Crippen molar-refractivity contribution in [2.75, 3.05) is 11.9 Å². The number of hydrazone groups is 1. The van der Waals surface area contributed by atoms with Gasteiger partial charge in [-0.25, -0.2) is 15.0 Å². The van der Waals surface area contributed by atoms with Crippen LogP contribution in [0.5, 0.6) is 5.75 Å². The predicted octanol–water partition coefficient (Wildman–Crippen LogP) is 5.43. The molecule has 4 rings (SSSR count). The zero-order chi connectivity index (χ0) is 28.8. The van der Waals surface area contributed by atoms with Crippen molar-refractivity contribution in [2.45, 2.75) is 40.0 Å². The van der Waals surface area contributed by atoms with Gasteiger partial charge in [-0.2, -0.15) is 5.10 Å². The van der Waals surface area contributed by atoms with Gasteiger partial charge in [0.15, 0.2) is 0 Å². The molecule has 0 saturated carbocycles. The van der Waals surface area contributed by atoms with Crippen LogP contribution >= 0.6 is 27.3 Å². The normalized spacial score (nSPS) is 14.3. The molecule has 0 spiro atoms. The van der Waals surface area contributed by atoms with Crippen molar-refractivity contribution >= 4 is 62.2 Å². The molecule has 208 valence electrons. The van der Waals surface area contributed by atoms with Gasteiger partial charge in [0.2, 0.25) is 0 Å². The predicted molar refractivity (Wildman–Crippen MR) is 156 cm³/mol. The number of carbonyl (C=O) groups excluding carboxylic acids is 4. The van der Waals surface area contributed by atoms with Crippen LogP contribution < -0.4 is 15.5 Å². The van der Waals surface area contributed by atoms with Crippen LogP contribution in [0, 0.1) is 12.8 Å². The number of anilines is 1. The third-order valence-electron chi connectivity index (χ3n) is 6.22. The molecule has 0 radical (unpaired) electrons. The summed E-state index contributed by atoms with van der Waals surface area (Å²) in [5, 5.41) is 6.72. The second kappa shape index (κ2) is 13.0. The Kier molecular flexibility index (Phi) is 9.49. The van der Waals surface area contributed by atoms with Crippen LogP contribution in [0.3, 0.4) is 0 Å². The van der Waals surface area contributed by atoms with Crippen LogP contribution in [0.25, 0.3) is 0 Å². The molecule has 11 heteroatoms. The molecule has 2 N–H and O–H groups in total. The number of aryl methyl sites for hydroxylation is 1. The van der Waals surface area contributed by atoms with Gasteiger partial charge < -0.3 is 14.8 Å². The lowest BCUT2D eigenvalue weighted by atomic mass is 9.88. The summed E-state index contributed by atoms with van der Waals surface area (Å²) in [4.78, 5) is 51.5. The fourth-order valence-electron chi connectivity index (χ4n) is 4.27. The molecule has 1 aromatic heterocycles. The highest BCUT2D eigenvalue weighted by molar-refractivity contribution is 9.10. The monoisotopic (exact) mass is 625 g/mol. The van der Waals surface area contributed by atoms with E-state index in [4.69, 9.17) is 9.47 Å². The number of fused-ring (bicyclic) bond motifs is 1. The Morgan fingerprint density at radius 1 is 1.12 bits per heavy atom. The Bertz CT molecular complexity index is 1500. The number of thiophene rings is 1. The number of rotatable bonds is 7. The van der Waals surface area contributed by atoms with Crippen LogP contribution in [0.4, 0.5) is 5.00 Å². The number of nitrogens with zero attached hydrogens (tertiary/aromatic N) is 1. The number of carbonyl (C=O) groups is 4. The number of amides is 2. The molecule has 0 bridgehead atoms. The van der Waals surface area contributed by atoms with E-state index in [1.165, 1.54) is 17.6 Å². The smallest absolute Gasteiger partial charge is 0.343 e. The first kappa shape index (κ1) is 29.2. The molecule has 1 aliphatic carbocycles. The van der Waals surface area contributed by atoms with Crippen molar-refractivity contribution in [1.29, 1.82) is 0 Å². The first-order chi connectivity index (χ1) is 19.2. The summed E-state index contributed by atoms with van der Waals surface area (Å²) in [7, 11) is 0. The lowest BCUT2D eigenvalue weighted by molar-refractivity contribution is -0.136. The third kappa shape index (κ3) is 7.02. The van der Waals surface area contributed by atoms with Crippen LogP contribution in [0.15, 0.2) is 52.0 Å². The van der Waals surface area contributed by atoms with E-state index < -0.39 is 23.8 Å². The van der Waals surface area contributed by atoms with E-state index in [0.717, 1.165) is 28.8 Å². The van der Waals surface area contributed by atoms with Crippen LogP contribution in [0.1, 0.15) is 62.6 Å². The molecule has 9 nitrogen and oxygen atoms in total. The molecule has 2 aromatic carbocycles. The number of hydrogen-bond donors (Lipinski definition) is 2. The van der Waals surface area contributed by atoms with Gasteiger partial charge in [0, 0.05) is 14.9 Å². The number of hydrogen-bond acceptors (Lipinski definition) is 8. The average molecular weight is 627 g/mol. The summed E-state index contributed by atoms with van der Waals surface area (Å²) >= 11 is 4.65. The number of esters is 2. The number of halogens is 1. The van der Waals surface area contributed by atoms with E-state index in [2.05, 4.69) is 38.7 Å². The molecule has 0 aliphatic heterocycles. The highest BCUT2D eigenvalue weighted by Gasteiger charge is 2.30. The Morgan fingerprint density at radius 3 is 2.67 bits per heavy atom. The highest BCUT2D eigenvalue weighted by Crippen LogP contribution is 2.40. The van der Waals surface area contributed by atoms with Gasteiger partial charge in [-0.05, 0) is 74.9 Å². The van der Waals surface area contributed by atoms with Gasteiger partial charge in [0.05, 0.1) is 23.9 Å². The van der Waals surface area contributed by atoms with Gasteiger partial charge in [-0.15, -0.1) is 11.3 Å². The average Bonchev–Trinajstić information content (AvgIpc) is 3.26. The van der Waals surface area contributed by atoms with Crippen LogP contribution in [-0.4, -0.2) is 36.6 Å². The van der Waals surface area contributed by atoms with Crippen molar-refractivity contribution < 1.29 is 28.7 Å². The van der Waals surface area contributed by atoms with Gasteiger partial charge in [-0.1, -0.05) is 40.5 Å². The first-order valence-electron chi connectivity index (χ1n) is 12.7. The molecule has 40 heavy (non-hydrogen) atoms. The minimum atomic E-state index is -1.03. The molecule has 1 aliphatic rings. The summed E-state index contributed by atoms with van der Waals surface area (Å²) in [5.41, 5.74) is 5.07. The Hall–Kier alpha value is -3.83. The Labute approximate surface area is 244 Å². The van der Waals surface area contributed by atoms with E-state index in [1.54, 1.807) is 43.3 Å². The first-order valence-corrected chi connectivity index (χ1v) is 14.3. The van der Waals surface area contributed by atoms with E-state index in [9.17, 15) is 19.2 Å². The van der Waals surface area contributed by atoms with E-state index in [1.807, 2.05) is 13.0 Å². The molecule has 1 unspecified atom stereocenters. The lowest BCUT2D eigenvalue weighted by Crippen LogP contribution is -2.32. The molecular weight excluding hydrogens is 598 g/mol. The van der Waals surface area contributed by atoms with Gasteiger partial charge in [-0.3, -0.25) is 9.59 Å². The zero-order valence-corrected chi connectivity index (χ0v) is 24.6. The molecule has 0 saturated heterocycles. The third-order valence-corrected chi connectivity index (χ3v) is 7.89.